The van der Waals surface area contributed by atoms with Crippen molar-refractivity contribution in [3.63, 3.8) is 0 Å². The van der Waals surface area contributed by atoms with Gasteiger partial charge in [-0.2, -0.15) is 5.26 Å². The Morgan fingerprint density at radius 1 is 1.29 bits per heavy atom. The standard InChI is InChI=1S/C27H27N5OS2/c1-16(2)21-23-22(17-8-6-5-7-9-17)20(13-28)24(18-12-19(14-30-3)25(29)31-15-18)32-26(23)35-27(21)34-11-10-33-4/h5-9,12,14-16,29-30H,10-11H2,1-4H3/b19-14-,29-25?. The molecule has 2 aromatic heterocycles. The summed E-state index contributed by atoms with van der Waals surface area (Å²) in [5, 5.41) is 22.6. The monoisotopic (exact) mass is 501 g/mol. The van der Waals surface area contributed by atoms with E-state index < -0.39 is 0 Å². The van der Waals surface area contributed by atoms with E-state index >= 15 is 0 Å². The number of aliphatic imine (C=N–C) groups is 1. The number of amidine groups is 1. The predicted octanol–water partition coefficient (Wildman–Crippen LogP) is 6.25. The van der Waals surface area contributed by atoms with Crippen molar-refractivity contribution in [3.05, 3.63) is 65.0 Å². The van der Waals surface area contributed by atoms with Gasteiger partial charge in [0.1, 0.15) is 10.9 Å². The molecule has 0 fully saturated rings. The lowest BCUT2D eigenvalue weighted by Gasteiger charge is -2.16. The Morgan fingerprint density at radius 3 is 2.71 bits per heavy atom. The Kier molecular flexibility index (Phi) is 7.81. The first kappa shape index (κ1) is 24.9. The summed E-state index contributed by atoms with van der Waals surface area (Å²) in [5.74, 6) is 1.28. The molecule has 0 unspecified atom stereocenters. The first-order valence-corrected chi connectivity index (χ1v) is 13.1. The molecule has 178 valence electrons. The maximum atomic E-state index is 10.4. The van der Waals surface area contributed by atoms with Crippen LogP contribution in [-0.2, 0) is 4.74 Å². The number of pyridine rings is 1. The molecule has 1 aliphatic rings. The van der Waals surface area contributed by atoms with Crippen molar-refractivity contribution in [2.24, 2.45) is 4.99 Å². The zero-order chi connectivity index (χ0) is 24.9. The molecule has 1 aromatic carbocycles. The van der Waals surface area contributed by atoms with Crippen LogP contribution < -0.4 is 5.32 Å². The second-order valence-corrected chi connectivity index (χ2v) is 10.6. The third kappa shape index (κ3) is 4.94. The van der Waals surface area contributed by atoms with E-state index in [2.05, 4.69) is 30.2 Å². The molecule has 4 rings (SSSR count). The number of nitrogens with one attached hydrogen (secondary N) is 2. The van der Waals surface area contributed by atoms with Gasteiger partial charge in [-0.3, -0.25) is 5.41 Å². The molecule has 0 bridgehead atoms. The molecule has 0 aliphatic carbocycles. The number of hydrogen-bond donors (Lipinski definition) is 2. The van der Waals surface area contributed by atoms with Gasteiger partial charge in [0.25, 0.3) is 0 Å². The van der Waals surface area contributed by atoms with E-state index in [4.69, 9.17) is 15.1 Å². The number of methoxy groups -OCH3 is 1. The van der Waals surface area contributed by atoms with Crippen LogP contribution in [0.4, 0.5) is 0 Å². The Hall–Kier alpha value is -3.25. The number of thioether (sulfide) groups is 1. The van der Waals surface area contributed by atoms with Crippen LogP contribution in [0.3, 0.4) is 0 Å². The molecule has 0 amide bonds. The van der Waals surface area contributed by atoms with Crippen LogP contribution in [0.25, 0.3) is 26.9 Å². The minimum absolute atomic E-state index is 0.168. The van der Waals surface area contributed by atoms with Gasteiger partial charge in [-0.05, 0) is 23.1 Å². The lowest BCUT2D eigenvalue weighted by molar-refractivity contribution is 0.218. The van der Waals surface area contributed by atoms with Crippen LogP contribution in [0.1, 0.15) is 36.6 Å². The number of aromatic nitrogens is 1. The van der Waals surface area contributed by atoms with Crippen LogP contribution in [0.15, 0.2) is 57.4 Å². The van der Waals surface area contributed by atoms with Gasteiger partial charge in [-0.1, -0.05) is 44.2 Å². The fourth-order valence-electron chi connectivity index (χ4n) is 4.07. The molecular weight excluding hydrogens is 474 g/mol. The zero-order valence-corrected chi connectivity index (χ0v) is 21.8. The number of fused-ring (bicyclic) bond motifs is 1. The fraction of sp³-hybridized carbons (Fsp3) is 0.259. The molecule has 3 heterocycles. The van der Waals surface area contributed by atoms with E-state index in [0.29, 0.717) is 29.0 Å². The summed E-state index contributed by atoms with van der Waals surface area (Å²) in [4.78, 5) is 10.2. The third-order valence-corrected chi connectivity index (χ3v) is 7.96. The molecule has 3 aromatic rings. The van der Waals surface area contributed by atoms with Crippen LogP contribution in [0, 0.1) is 16.7 Å². The van der Waals surface area contributed by atoms with Crippen molar-refractivity contribution in [2.45, 2.75) is 24.0 Å². The number of hydrogen-bond acceptors (Lipinski definition) is 7. The Labute approximate surface area is 214 Å². The SMILES string of the molecule is CN/C=C1/C=C(c2nc3sc(SCCOC)c(C(C)C)c3c(-c3ccccc3)c2C#N)C=NC1=N. The Morgan fingerprint density at radius 2 is 2.06 bits per heavy atom. The predicted molar refractivity (Wildman–Crippen MR) is 148 cm³/mol. The highest BCUT2D eigenvalue weighted by Crippen LogP contribution is 2.47. The minimum atomic E-state index is 0.168. The van der Waals surface area contributed by atoms with Gasteiger partial charge in [-0.15, -0.1) is 23.1 Å². The van der Waals surface area contributed by atoms with Gasteiger partial charge in [0, 0.05) is 54.4 Å². The largest absolute Gasteiger partial charge is 0.393 e. The highest BCUT2D eigenvalue weighted by molar-refractivity contribution is 8.01. The van der Waals surface area contributed by atoms with Crippen LogP contribution in [0.5, 0.6) is 0 Å². The molecule has 0 spiro atoms. The van der Waals surface area contributed by atoms with E-state index in [1.54, 1.807) is 49.7 Å². The van der Waals surface area contributed by atoms with Crippen molar-refractivity contribution >= 4 is 50.9 Å². The second-order valence-electron chi connectivity index (χ2n) is 8.26. The Balaban J connectivity index is 2.06. The third-order valence-electron chi connectivity index (χ3n) is 5.61. The molecule has 0 saturated heterocycles. The fourth-order valence-corrected chi connectivity index (χ4v) is 6.80. The molecule has 0 atom stereocenters. The van der Waals surface area contributed by atoms with Crippen molar-refractivity contribution in [1.82, 2.24) is 10.3 Å². The zero-order valence-electron chi connectivity index (χ0n) is 20.2. The van der Waals surface area contributed by atoms with E-state index in [9.17, 15) is 5.26 Å². The number of dihydropyridines is 1. The van der Waals surface area contributed by atoms with Crippen LogP contribution in [-0.4, -0.2) is 43.6 Å². The number of nitriles is 1. The molecule has 8 heteroatoms. The molecule has 0 radical (unpaired) electrons. The summed E-state index contributed by atoms with van der Waals surface area (Å²) >= 11 is 3.44. The summed E-state index contributed by atoms with van der Waals surface area (Å²) in [5.41, 5.74) is 5.57. The topological polar surface area (TPSA) is 94.2 Å². The lowest BCUT2D eigenvalue weighted by Crippen LogP contribution is -2.09. The van der Waals surface area contributed by atoms with Crippen LogP contribution in [0.2, 0.25) is 0 Å². The van der Waals surface area contributed by atoms with E-state index in [1.807, 2.05) is 36.4 Å². The quantitative estimate of drug-likeness (QED) is 0.281. The normalized spacial score (nSPS) is 14.6. The van der Waals surface area contributed by atoms with Crippen molar-refractivity contribution in [2.75, 3.05) is 26.5 Å². The summed E-state index contributed by atoms with van der Waals surface area (Å²) < 4.78 is 6.49. The maximum Gasteiger partial charge on any atom is 0.153 e. The average Bonchev–Trinajstić information content (AvgIpc) is 3.23. The first-order chi connectivity index (χ1) is 17.0. The number of thiophene rings is 1. The summed E-state index contributed by atoms with van der Waals surface area (Å²) in [6.45, 7) is 5.04. The van der Waals surface area contributed by atoms with Gasteiger partial charge in [0.05, 0.1) is 22.1 Å². The number of allylic oxidation sites excluding steroid dienone is 1. The lowest BCUT2D eigenvalue weighted by atomic mass is 9.90. The number of nitrogens with zero attached hydrogens (tertiary/aromatic N) is 3. The summed E-state index contributed by atoms with van der Waals surface area (Å²) in [7, 11) is 3.50. The molecule has 0 saturated carbocycles. The second kappa shape index (κ2) is 11.0. The van der Waals surface area contributed by atoms with Gasteiger partial charge >= 0.3 is 0 Å². The van der Waals surface area contributed by atoms with E-state index in [-0.39, 0.29) is 11.8 Å². The molecule has 1 aliphatic heterocycles. The van der Waals surface area contributed by atoms with Gasteiger partial charge in [-0.25, -0.2) is 9.98 Å². The van der Waals surface area contributed by atoms with Crippen molar-refractivity contribution < 1.29 is 4.74 Å². The van der Waals surface area contributed by atoms with Gasteiger partial charge in [0.2, 0.25) is 0 Å². The summed E-state index contributed by atoms with van der Waals surface area (Å²) in [6.07, 6.45) is 5.22. The summed E-state index contributed by atoms with van der Waals surface area (Å²) in [6, 6.07) is 12.5. The number of rotatable bonds is 8. The average molecular weight is 502 g/mol. The number of benzene rings is 1. The van der Waals surface area contributed by atoms with Gasteiger partial charge < -0.3 is 10.1 Å². The molecule has 2 N–H and O–H groups in total. The Bertz CT molecular complexity index is 1390. The van der Waals surface area contributed by atoms with Crippen molar-refractivity contribution in [3.8, 4) is 17.2 Å². The minimum Gasteiger partial charge on any atom is -0.393 e. The molecular formula is C27H27N5OS2. The highest BCUT2D eigenvalue weighted by atomic mass is 32.2. The smallest absolute Gasteiger partial charge is 0.153 e. The van der Waals surface area contributed by atoms with E-state index in [0.717, 1.165) is 27.1 Å². The van der Waals surface area contributed by atoms with Gasteiger partial charge in [0.15, 0.2) is 5.84 Å². The van der Waals surface area contributed by atoms with Crippen molar-refractivity contribution in [1.29, 1.82) is 10.7 Å². The highest BCUT2D eigenvalue weighted by Gasteiger charge is 2.26. The molecule has 35 heavy (non-hydrogen) atoms. The molecule has 6 nitrogen and oxygen atoms in total. The maximum absolute atomic E-state index is 10.4. The first-order valence-electron chi connectivity index (χ1n) is 11.3. The van der Waals surface area contributed by atoms with Crippen LogP contribution >= 0.6 is 23.1 Å². The van der Waals surface area contributed by atoms with E-state index in [1.165, 1.54) is 9.77 Å². The number of ether oxygens (including phenoxy) is 1.